The minimum absolute atomic E-state index is 1.10. The number of para-hydroxylation sites is 2. The van der Waals surface area contributed by atoms with Gasteiger partial charge in [0.25, 0.3) is 0 Å². The minimum atomic E-state index is 1.10. The smallest absolute Gasteiger partial charge is 0.0541 e. The molecule has 0 aliphatic heterocycles. The van der Waals surface area contributed by atoms with Gasteiger partial charge in [-0.1, -0.05) is 364 Å². The van der Waals surface area contributed by atoms with Gasteiger partial charge >= 0.3 is 0 Å². The molecule has 4 aromatic heterocycles. The summed E-state index contributed by atoms with van der Waals surface area (Å²) in [5.74, 6) is 0. The zero-order valence-electron chi connectivity index (χ0n) is 80.6. The van der Waals surface area contributed by atoms with Crippen molar-refractivity contribution >= 4 is 216 Å². The molecule has 0 atom stereocenters. The van der Waals surface area contributed by atoms with Crippen LogP contribution >= 0.6 is 22.7 Å². The molecular formula is C142H90N4S2. The van der Waals surface area contributed by atoms with E-state index in [1.165, 1.54) is 237 Å². The quantitative estimate of drug-likeness (QED) is 0.0951. The maximum Gasteiger partial charge on any atom is 0.0541 e. The first-order chi connectivity index (χ1) is 73.3. The highest BCUT2D eigenvalue weighted by molar-refractivity contribution is 7.26. The molecule has 30 aromatic rings. The second-order valence-corrected chi connectivity index (χ2v) is 41.0. The third kappa shape index (κ3) is 14.8. The van der Waals surface area contributed by atoms with E-state index in [0.29, 0.717) is 0 Å². The first kappa shape index (κ1) is 85.9. The van der Waals surface area contributed by atoms with Crippen molar-refractivity contribution in [2.75, 3.05) is 9.80 Å². The lowest BCUT2D eigenvalue weighted by Gasteiger charge is -2.26. The van der Waals surface area contributed by atoms with Crippen LogP contribution in [0.5, 0.6) is 0 Å². The predicted molar refractivity (Wildman–Crippen MR) is 637 cm³/mol. The normalized spacial score (nSPS) is 11.8. The molecule has 0 aliphatic rings. The van der Waals surface area contributed by atoms with Crippen LogP contribution in [-0.2, 0) is 0 Å². The van der Waals surface area contributed by atoms with Crippen molar-refractivity contribution in [3.8, 4) is 89.3 Å². The monoisotopic (exact) mass is 1910 g/mol. The Bertz CT molecular complexity index is 10500. The third-order valence-electron chi connectivity index (χ3n) is 30.5. The van der Waals surface area contributed by atoms with Crippen LogP contribution in [0.25, 0.3) is 249 Å². The number of aromatic nitrogens is 2. The largest absolute Gasteiger partial charge is 0.310 e. The Labute approximate surface area is 863 Å². The van der Waals surface area contributed by atoms with Crippen LogP contribution in [0.4, 0.5) is 34.1 Å². The van der Waals surface area contributed by atoms with Crippen molar-refractivity contribution in [1.29, 1.82) is 0 Å². The van der Waals surface area contributed by atoms with Gasteiger partial charge in [-0.15, -0.1) is 22.7 Å². The number of nitrogens with zero attached hydrogens (tertiary/aromatic N) is 4. The van der Waals surface area contributed by atoms with E-state index in [0.717, 1.165) is 45.5 Å². The molecule has 0 spiro atoms. The third-order valence-corrected chi connectivity index (χ3v) is 32.8. The molecule has 0 bridgehead atoms. The Balaban J connectivity index is 0.000000140. The van der Waals surface area contributed by atoms with E-state index < -0.39 is 0 Å². The molecule has 0 saturated carbocycles. The molecule has 0 fully saturated rings. The van der Waals surface area contributed by atoms with Gasteiger partial charge < -0.3 is 18.9 Å². The number of thiophene rings is 2. The van der Waals surface area contributed by atoms with Gasteiger partial charge in [-0.3, -0.25) is 0 Å². The van der Waals surface area contributed by atoms with Gasteiger partial charge in [0.1, 0.15) is 0 Å². The highest BCUT2D eigenvalue weighted by Crippen LogP contribution is 2.50. The summed E-state index contributed by atoms with van der Waals surface area (Å²) in [5, 5.41) is 28.0. The first-order valence-corrected chi connectivity index (χ1v) is 52.4. The Kier molecular flexibility index (Phi) is 20.7. The molecule has 0 radical (unpaired) electrons. The van der Waals surface area contributed by atoms with Gasteiger partial charge in [0, 0.05) is 107 Å². The SMILES string of the molecule is c1ccc(-c2ccc(-c3ccc4c(c3)c3cc(-c5ccc(N(c6ccc(-c7ccc8c9ccccc9c9ccccc9c8c7)cc6)c6ccc7sc8ccccc8c7c6)cc5)ccc3n4-c3ccccc3)cc2)cc1.c1ccc(-n2c3ccc(-c4ccc(N(c5ccc(-c6ccc7c8ccccc8c8ccccc8c7c6)cc5)c5ccc6sc7ccccc7c6c5)cc4)cc3c3cc(-c4cccc5ccccc45)ccc32)cc1. The number of rotatable bonds is 15. The van der Waals surface area contributed by atoms with Crippen LogP contribution in [0.1, 0.15) is 0 Å². The van der Waals surface area contributed by atoms with Gasteiger partial charge in [0.2, 0.25) is 0 Å². The highest BCUT2D eigenvalue weighted by atomic mass is 32.1. The van der Waals surface area contributed by atoms with Crippen molar-refractivity contribution in [1.82, 2.24) is 9.13 Å². The predicted octanol–water partition coefficient (Wildman–Crippen LogP) is 41.0. The molecular weight excluding hydrogens is 1830 g/mol. The average molecular weight is 1920 g/mol. The molecule has 4 nitrogen and oxygen atoms in total. The maximum atomic E-state index is 2.41. The van der Waals surface area contributed by atoms with Crippen molar-refractivity contribution in [3.63, 3.8) is 0 Å². The fourth-order valence-electron chi connectivity index (χ4n) is 23.4. The fraction of sp³-hybridized carbons (Fsp3) is 0. The van der Waals surface area contributed by atoms with E-state index in [9.17, 15) is 0 Å². The second kappa shape index (κ2) is 35.6. The molecule has 6 heteroatoms. The summed E-state index contributed by atoms with van der Waals surface area (Å²) in [6.07, 6.45) is 0. The standard InChI is InChI=1S/C72H46N2S.C70H44N2S/c1-3-13-47(14-4-1)48-23-25-49(26-24-48)53-32-40-69-66(44-53)67-45-54(33-41-70(67)74(69)55-15-5-2-6-16-55)51-29-36-57(37-30-51)73(58-38-42-72-68(46-58)64-21-11-12-22-71(64)75-72)56-34-27-50(28-35-56)52-31-39-63-61-19-8-7-17-59(61)60-18-9-10-20-62(60)65(63)43-52;1-2-15-51(16-3-1)72-67-38-30-49(42-64(67)65-43-50(31-39-68(65)72)56-23-12-14-47-13-4-5-17-55(47)56)46-27-34-53(35-28-46)71(54-36-40-70-66(44-54)62-22-10-11-24-69(62)73-70)52-32-25-45(26-33-52)48-29-37-61-59-20-7-6-18-57(59)58-19-8-9-21-60(58)63(61)41-48/h1-46H;1-44H. The topological polar surface area (TPSA) is 16.3 Å². The van der Waals surface area contributed by atoms with Crippen LogP contribution in [0.2, 0.25) is 0 Å². The number of fused-ring (bicyclic) bond motifs is 25. The summed E-state index contributed by atoms with van der Waals surface area (Å²) in [6.45, 7) is 0. The van der Waals surface area contributed by atoms with Crippen molar-refractivity contribution < 1.29 is 0 Å². The molecule has 0 N–H and O–H groups in total. The van der Waals surface area contributed by atoms with Crippen molar-refractivity contribution in [2.45, 2.75) is 0 Å². The van der Waals surface area contributed by atoms with Gasteiger partial charge in [-0.05, 0) is 335 Å². The Morgan fingerprint density at radius 1 is 0.128 bits per heavy atom. The molecule has 4 heterocycles. The summed E-state index contributed by atoms with van der Waals surface area (Å²) < 4.78 is 10.0. The molecule has 0 unspecified atom stereocenters. The average Bonchev–Trinajstić information content (AvgIpc) is 1.69. The van der Waals surface area contributed by atoms with Gasteiger partial charge in [0.05, 0.1) is 22.1 Å². The van der Waals surface area contributed by atoms with E-state index in [2.05, 4.69) is 565 Å². The van der Waals surface area contributed by atoms with Crippen molar-refractivity contribution in [3.05, 3.63) is 546 Å². The molecule has 26 aromatic carbocycles. The lowest BCUT2D eigenvalue weighted by Crippen LogP contribution is -2.09. The Hall–Kier alpha value is -18.8. The van der Waals surface area contributed by atoms with Gasteiger partial charge in [-0.2, -0.15) is 0 Å². The van der Waals surface area contributed by atoms with E-state index >= 15 is 0 Å². The zero-order chi connectivity index (χ0) is 97.4. The number of hydrogen-bond donors (Lipinski definition) is 0. The van der Waals surface area contributed by atoms with Crippen LogP contribution < -0.4 is 9.80 Å². The van der Waals surface area contributed by atoms with Crippen LogP contribution in [0.15, 0.2) is 546 Å². The number of hydrogen-bond acceptors (Lipinski definition) is 4. The first-order valence-electron chi connectivity index (χ1n) is 50.8. The van der Waals surface area contributed by atoms with Crippen LogP contribution in [0, 0.1) is 0 Å². The summed E-state index contributed by atoms with van der Waals surface area (Å²) in [6, 6.07) is 201. The molecule has 0 saturated heterocycles. The van der Waals surface area contributed by atoms with E-state index in [1.54, 1.807) is 0 Å². The van der Waals surface area contributed by atoms with E-state index in [-0.39, 0.29) is 0 Å². The highest BCUT2D eigenvalue weighted by Gasteiger charge is 2.25. The molecule has 0 aliphatic carbocycles. The van der Waals surface area contributed by atoms with E-state index in [1.807, 2.05) is 22.7 Å². The second-order valence-electron chi connectivity index (χ2n) is 38.9. The van der Waals surface area contributed by atoms with Crippen LogP contribution in [-0.4, -0.2) is 9.13 Å². The Morgan fingerprint density at radius 3 is 0.730 bits per heavy atom. The van der Waals surface area contributed by atoms with E-state index in [4.69, 9.17) is 0 Å². The molecule has 690 valence electrons. The summed E-state index contributed by atoms with van der Waals surface area (Å²) in [4.78, 5) is 4.81. The summed E-state index contributed by atoms with van der Waals surface area (Å²) in [5.41, 5.74) is 30.5. The summed E-state index contributed by atoms with van der Waals surface area (Å²) >= 11 is 3.71. The Morgan fingerprint density at radius 2 is 0.365 bits per heavy atom. The summed E-state index contributed by atoms with van der Waals surface area (Å²) in [7, 11) is 0. The van der Waals surface area contributed by atoms with Crippen LogP contribution in [0.3, 0.4) is 0 Å². The van der Waals surface area contributed by atoms with Gasteiger partial charge in [0.15, 0.2) is 0 Å². The lowest BCUT2D eigenvalue weighted by atomic mass is 9.92. The minimum Gasteiger partial charge on any atom is -0.310 e. The molecule has 30 rings (SSSR count). The molecule has 148 heavy (non-hydrogen) atoms. The maximum absolute atomic E-state index is 2.41. The lowest BCUT2D eigenvalue weighted by molar-refractivity contribution is 1.18. The zero-order valence-corrected chi connectivity index (χ0v) is 82.2. The van der Waals surface area contributed by atoms with Gasteiger partial charge in [-0.25, -0.2) is 0 Å². The molecule has 0 amide bonds. The fourth-order valence-corrected chi connectivity index (χ4v) is 25.6. The van der Waals surface area contributed by atoms with Crippen molar-refractivity contribution in [2.24, 2.45) is 0 Å². The number of anilines is 6. The number of benzene rings is 26.